The summed E-state index contributed by atoms with van der Waals surface area (Å²) in [6.07, 6.45) is 4.35. The molecule has 1 aromatic carbocycles. The molecule has 0 atom stereocenters. The van der Waals surface area contributed by atoms with Crippen LogP contribution in [-0.2, 0) is 32.3 Å². The summed E-state index contributed by atoms with van der Waals surface area (Å²) in [4.78, 5) is 0.347. The first-order chi connectivity index (χ1) is 10.1. The van der Waals surface area contributed by atoms with Gasteiger partial charge in [0.2, 0.25) is 10.0 Å². The molecule has 0 fully saturated rings. The van der Waals surface area contributed by atoms with Gasteiger partial charge in [-0.1, -0.05) is 6.07 Å². The number of hydrogen-bond acceptors (Lipinski definition) is 4. The van der Waals surface area contributed by atoms with Crippen LogP contribution < -0.4 is 4.72 Å². The lowest BCUT2D eigenvalue weighted by Crippen LogP contribution is -2.28. The first kappa shape index (κ1) is 16.4. The van der Waals surface area contributed by atoms with Crippen molar-refractivity contribution in [3.63, 3.8) is 0 Å². The van der Waals surface area contributed by atoms with Crippen molar-refractivity contribution in [1.29, 1.82) is 0 Å². The molecule has 118 valence electrons. The fourth-order valence-corrected chi connectivity index (χ4v) is 3.52. The summed E-state index contributed by atoms with van der Waals surface area (Å²) in [5, 5.41) is 0. The molecule has 1 N–H and O–H groups in total. The Bertz CT molecular complexity index is 557. The smallest absolute Gasteiger partial charge is 0.240 e. The lowest BCUT2D eigenvalue weighted by Gasteiger charge is -2.16. The van der Waals surface area contributed by atoms with Crippen molar-refractivity contribution in [2.45, 2.75) is 30.6 Å². The lowest BCUT2D eigenvalue weighted by atomic mass is 9.92. The molecule has 1 aliphatic rings. The standard InChI is InChI=1S/C15H23NO4S/c1-19-10-11-20-9-8-16-21(17,18)15-7-6-13-4-2-3-5-14(13)12-15/h6-7,12,16H,2-5,8-11H2,1H3. The van der Waals surface area contributed by atoms with Gasteiger partial charge in [0.15, 0.2) is 0 Å². The number of nitrogens with one attached hydrogen (secondary N) is 1. The van der Waals surface area contributed by atoms with Crippen LogP contribution in [0.1, 0.15) is 24.0 Å². The maximum Gasteiger partial charge on any atom is 0.240 e. The number of methoxy groups -OCH3 is 1. The van der Waals surface area contributed by atoms with E-state index in [4.69, 9.17) is 9.47 Å². The molecule has 5 nitrogen and oxygen atoms in total. The number of ether oxygens (including phenoxy) is 2. The molecule has 0 aromatic heterocycles. The topological polar surface area (TPSA) is 64.6 Å². The molecule has 0 saturated carbocycles. The van der Waals surface area contributed by atoms with Crippen molar-refractivity contribution in [3.8, 4) is 0 Å². The van der Waals surface area contributed by atoms with Crippen LogP contribution in [0.5, 0.6) is 0 Å². The van der Waals surface area contributed by atoms with Gasteiger partial charge < -0.3 is 9.47 Å². The predicted octanol–water partition coefficient (Wildman–Crippen LogP) is 1.51. The number of aryl methyl sites for hydroxylation is 2. The highest BCUT2D eigenvalue weighted by Gasteiger charge is 2.17. The summed E-state index contributed by atoms with van der Waals surface area (Å²) >= 11 is 0. The van der Waals surface area contributed by atoms with Gasteiger partial charge in [0.05, 0.1) is 24.7 Å². The van der Waals surface area contributed by atoms with Crippen LogP contribution in [0.15, 0.2) is 23.1 Å². The van der Waals surface area contributed by atoms with E-state index in [1.165, 1.54) is 17.5 Å². The van der Waals surface area contributed by atoms with Crippen LogP contribution in [0.2, 0.25) is 0 Å². The van der Waals surface area contributed by atoms with Crippen LogP contribution >= 0.6 is 0 Å². The first-order valence-electron chi connectivity index (χ1n) is 7.31. The van der Waals surface area contributed by atoms with Crippen molar-refractivity contribution in [1.82, 2.24) is 4.72 Å². The fraction of sp³-hybridized carbons (Fsp3) is 0.600. The van der Waals surface area contributed by atoms with E-state index in [0.29, 0.717) is 24.7 Å². The van der Waals surface area contributed by atoms with E-state index >= 15 is 0 Å². The van der Waals surface area contributed by atoms with Crippen LogP contribution in [0, 0.1) is 0 Å². The van der Waals surface area contributed by atoms with Crippen molar-refractivity contribution in [2.75, 3.05) is 33.5 Å². The largest absolute Gasteiger partial charge is 0.382 e. The third kappa shape index (κ3) is 4.78. The molecule has 0 unspecified atom stereocenters. The Morgan fingerprint density at radius 1 is 1.10 bits per heavy atom. The maximum absolute atomic E-state index is 12.2. The fourth-order valence-electron chi connectivity index (χ4n) is 2.45. The van der Waals surface area contributed by atoms with E-state index in [1.807, 2.05) is 12.1 Å². The molecule has 21 heavy (non-hydrogen) atoms. The minimum absolute atomic E-state index is 0.267. The van der Waals surface area contributed by atoms with Gasteiger partial charge in [-0.05, 0) is 48.9 Å². The van der Waals surface area contributed by atoms with E-state index in [9.17, 15) is 8.42 Å². The lowest BCUT2D eigenvalue weighted by molar-refractivity contribution is 0.0736. The Balaban J connectivity index is 1.90. The molecule has 0 amide bonds. The molecule has 2 rings (SSSR count). The Kier molecular flexibility index (Phi) is 6.17. The van der Waals surface area contributed by atoms with Crippen LogP contribution in [0.25, 0.3) is 0 Å². The highest BCUT2D eigenvalue weighted by molar-refractivity contribution is 7.89. The van der Waals surface area contributed by atoms with Gasteiger partial charge in [-0.3, -0.25) is 0 Å². The average molecular weight is 313 g/mol. The van der Waals surface area contributed by atoms with E-state index < -0.39 is 10.0 Å². The monoisotopic (exact) mass is 313 g/mol. The number of fused-ring (bicyclic) bond motifs is 1. The van der Waals surface area contributed by atoms with E-state index in [1.54, 1.807) is 13.2 Å². The van der Waals surface area contributed by atoms with Crippen LogP contribution in [0.3, 0.4) is 0 Å². The molecule has 0 saturated heterocycles. The molecule has 1 aromatic rings. The molecule has 6 heteroatoms. The molecule has 0 aliphatic heterocycles. The summed E-state index contributed by atoms with van der Waals surface area (Å²) in [6, 6.07) is 5.44. The second-order valence-corrected chi connectivity index (χ2v) is 6.91. The SMILES string of the molecule is COCCOCCNS(=O)(=O)c1ccc2c(c1)CCCC2. The van der Waals surface area contributed by atoms with Crippen molar-refractivity contribution >= 4 is 10.0 Å². The molecule has 0 radical (unpaired) electrons. The third-order valence-electron chi connectivity index (χ3n) is 3.60. The van der Waals surface area contributed by atoms with Crippen molar-refractivity contribution < 1.29 is 17.9 Å². The number of sulfonamides is 1. The van der Waals surface area contributed by atoms with Crippen LogP contribution in [-0.4, -0.2) is 41.9 Å². The molecular weight excluding hydrogens is 290 g/mol. The van der Waals surface area contributed by atoms with Crippen molar-refractivity contribution in [3.05, 3.63) is 29.3 Å². The zero-order chi connectivity index (χ0) is 15.1. The summed E-state index contributed by atoms with van der Waals surface area (Å²) in [6.45, 7) is 1.59. The molecule has 1 aliphatic carbocycles. The third-order valence-corrected chi connectivity index (χ3v) is 5.06. The Morgan fingerprint density at radius 2 is 1.86 bits per heavy atom. The zero-order valence-corrected chi connectivity index (χ0v) is 13.2. The summed E-state index contributed by atoms with van der Waals surface area (Å²) in [7, 11) is -1.85. The van der Waals surface area contributed by atoms with Gasteiger partial charge in [0, 0.05) is 13.7 Å². The minimum Gasteiger partial charge on any atom is -0.382 e. The van der Waals surface area contributed by atoms with Gasteiger partial charge in [0.25, 0.3) is 0 Å². The zero-order valence-electron chi connectivity index (χ0n) is 12.4. The number of benzene rings is 1. The predicted molar refractivity (Wildman–Crippen MR) is 81.0 cm³/mol. The molecule has 0 bridgehead atoms. The highest BCUT2D eigenvalue weighted by Crippen LogP contribution is 2.23. The summed E-state index contributed by atoms with van der Waals surface area (Å²) < 4.78 is 37.1. The molecule has 0 spiro atoms. The average Bonchev–Trinajstić information content (AvgIpc) is 2.50. The Hall–Kier alpha value is -0.950. The second-order valence-electron chi connectivity index (χ2n) is 5.14. The number of hydrogen-bond donors (Lipinski definition) is 1. The highest BCUT2D eigenvalue weighted by atomic mass is 32.2. The van der Waals surface area contributed by atoms with E-state index in [-0.39, 0.29) is 6.54 Å². The normalized spacial score (nSPS) is 14.9. The van der Waals surface area contributed by atoms with Gasteiger partial charge in [-0.2, -0.15) is 0 Å². The van der Waals surface area contributed by atoms with E-state index in [2.05, 4.69) is 4.72 Å². The van der Waals surface area contributed by atoms with Gasteiger partial charge in [-0.25, -0.2) is 13.1 Å². The second kappa shape index (κ2) is 7.89. The minimum atomic E-state index is -3.45. The van der Waals surface area contributed by atoms with Crippen LogP contribution in [0.4, 0.5) is 0 Å². The number of rotatable bonds is 8. The van der Waals surface area contributed by atoms with Gasteiger partial charge in [-0.15, -0.1) is 0 Å². The summed E-state index contributed by atoms with van der Waals surface area (Å²) in [5.41, 5.74) is 2.45. The van der Waals surface area contributed by atoms with E-state index in [0.717, 1.165) is 19.3 Å². The quantitative estimate of drug-likeness (QED) is 0.739. The Labute approximate surface area is 126 Å². The Morgan fingerprint density at radius 3 is 2.62 bits per heavy atom. The summed E-state index contributed by atoms with van der Waals surface area (Å²) in [5.74, 6) is 0. The first-order valence-corrected chi connectivity index (χ1v) is 8.80. The van der Waals surface area contributed by atoms with Crippen molar-refractivity contribution in [2.24, 2.45) is 0 Å². The van der Waals surface area contributed by atoms with Gasteiger partial charge >= 0.3 is 0 Å². The maximum atomic E-state index is 12.2. The molecule has 0 heterocycles. The van der Waals surface area contributed by atoms with Gasteiger partial charge in [0.1, 0.15) is 0 Å². The molecular formula is C15H23NO4S.